The van der Waals surface area contributed by atoms with Crippen molar-refractivity contribution in [1.82, 2.24) is 9.55 Å². The molecular formula is C13H24N2O2. The van der Waals surface area contributed by atoms with Crippen LogP contribution < -0.4 is 0 Å². The monoisotopic (exact) mass is 240 g/mol. The molecule has 1 aromatic rings. The molecule has 1 heterocycles. The first-order chi connectivity index (χ1) is 8.22. The average Bonchev–Trinajstić information content (AvgIpc) is 2.74. The van der Waals surface area contributed by atoms with Crippen LogP contribution in [0.1, 0.15) is 39.4 Å². The van der Waals surface area contributed by atoms with Gasteiger partial charge in [0, 0.05) is 32.0 Å². The maximum absolute atomic E-state index is 10.1. The van der Waals surface area contributed by atoms with Crippen LogP contribution in [0.4, 0.5) is 0 Å². The van der Waals surface area contributed by atoms with Crippen LogP contribution in [0, 0.1) is 0 Å². The Balaban J connectivity index is 2.59. The van der Waals surface area contributed by atoms with Crippen molar-refractivity contribution in [3.05, 3.63) is 18.2 Å². The first kappa shape index (κ1) is 14.2. The molecule has 0 spiro atoms. The van der Waals surface area contributed by atoms with Crippen LogP contribution >= 0.6 is 0 Å². The molecule has 4 heteroatoms. The van der Waals surface area contributed by atoms with E-state index in [1.807, 2.05) is 20.0 Å². The lowest BCUT2D eigenvalue weighted by molar-refractivity contribution is -0.0345. The van der Waals surface area contributed by atoms with Gasteiger partial charge in [-0.25, -0.2) is 4.98 Å². The summed E-state index contributed by atoms with van der Waals surface area (Å²) in [5.41, 5.74) is 0. The molecule has 0 bridgehead atoms. The summed E-state index contributed by atoms with van der Waals surface area (Å²) in [6, 6.07) is 0. The van der Waals surface area contributed by atoms with Gasteiger partial charge in [-0.1, -0.05) is 13.8 Å². The molecule has 17 heavy (non-hydrogen) atoms. The third-order valence-corrected chi connectivity index (χ3v) is 2.87. The Morgan fingerprint density at radius 2 is 2.18 bits per heavy atom. The fourth-order valence-corrected chi connectivity index (χ4v) is 2.01. The maximum atomic E-state index is 10.1. The number of hydrogen-bond acceptors (Lipinski definition) is 3. The van der Waals surface area contributed by atoms with Crippen LogP contribution in [0.3, 0.4) is 0 Å². The zero-order valence-corrected chi connectivity index (χ0v) is 11.1. The quantitative estimate of drug-likeness (QED) is 0.756. The lowest BCUT2D eigenvalue weighted by atomic mass is 10.1. The molecule has 0 amide bonds. The smallest absolute Gasteiger partial charge is 0.111 e. The SMILES string of the molecule is CCCn1ccnc1CC(O)C(CC)OCC. The molecule has 0 saturated carbocycles. The van der Waals surface area contributed by atoms with E-state index in [4.69, 9.17) is 4.74 Å². The van der Waals surface area contributed by atoms with E-state index in [0.29, 0.717) is 13.0 Å². The van der Waals surface area contributed by atoms with Gasteiger partial charge in [-0.3, -0.25) is 0 Å². The van der Waals surface area contributed by atoms with Gasteiger partial charge in [-0.05, 0) is 19.8 Å². The summed E-state index contributed by atoms with van der Waals surface area (Å²) < 4.78 is 7.61. The third kappa shape index (κ3) is 4.13. The van der Waals surface area contributed by atoms with E-state index in [1.165, 1.54) is 0 Å². The summed E-state index contributed by atoms with van der Waals surface area (Å²) in [6.07, 6.45) is 5.65. The molecule has 4 nitrogen and oxygen atoms in total. The van der Waals surface area contributed by atoms with Crippen molar-refractivity contribution in [3.8, 4) is 0 Å². The number of aliphatic hydroxyl groups excluding tert-OH is 1. The number of ether oxygens (including phenoxy) is 1. The maximum Gasteiger partial charge on any atom is 0.111 e. The number of rotatable bonds is 8. The number of aromatic nitrogens is 2. The predicted molar refractivity (Wildman–Crippen MR) is 67.9 cm³/mol. The molecule has 0 aliphatic rings. The topological polar surface area (TPSA) is 47.3 Å². The number of aryl methyl sites for hydroxylation is 1. The number of aliphatic hydroxyl groups is 1. The van der Waals surface area contributed by atoms with Gasteiger partial charge in [0.15, 0.2) is 0 Å². The van der Waals surface area contributed by atoms with Crippen molar-refractivity contribution in [1.29, 1.82) is 0 Å². The van der Waals surface area contributed by atoms with E-state index in [9.17, 15) is 5.11 Å². The highest BCUT2D eigenvalue weighted by Crippen LogP contribution is 2.11. The molecule has 1 N–H and O–H groups in total. The summed E-state index contributed by atoms with van der Waals surface area (Å²) in [5, 5.41) is 10.1. The van der Waals surface area contributed by atoms with Crippen LogP contribution in [-0.2, 0) is 17.7 Å². The van der Waals surface area contributed by atoms with Gasteiger partial charge in [0.25, 0.3) is 0 Å². The van der Waals surface area contributed by atoms with Crippen LogP contribution in [0.15, 0.2) is 12.4 Å². The molecule has 0 aliphatic carbocycles. The Labute approximate surface area is 104 Å². The van der Waals surface area contributed by atoms with E-state index in [0.717, 1.165) is 25.2 Å². The fraction of sp³-hybridized carbons (Fsp3) is 0.769. The number of imidazole rings is 1. The first-order valence-corrected chi connectivity index (χ1v) is 6.52. The minimum Gasteiger partial charge on any atom is -0.390 e. The lowest BCUT2D eigenvalue weighted by Gasteiger charge is -2.21. The van der Waals surface area contributed by atoms with Crippen molar-refractivity contribution in [2.45, 2.75) is 58.8 Å². The highest BCUT2D eigenvalue weighted by molar-refractivity contribution is 4.95. The summed E-state index contributed by atoms with van der Waals surface area (Å²) in [4.78, 5) is 4.30. The standard InChI is InChI=1S/C13H24N2O2/c1-4-8-15-9-7-14-13(15)10-11(16)12(5-2)17-6-3/h7,9,11-12,16H,4-6,8,10H2,1-3H3. The zero-order chi connectivity index (χ0) is 12.7. The molecule has 0 aliphatic heterocycles. The van der Waals surface area contributed by atoms with Crippen molar-refractivity contribution in [3.63, 3.8) is 0 Å². The van der Waals surface area contributed by atoms with Crippen molar-refractivity contribution in [2.75, 3.05) is 6.61 Å². The molecule has 1 aromatic heterocycles. The van der Waals surface area contributed by atoms with Gasteiger partial charge in [0.05, 0.1) is 12.2 Å². The highest BCUT2D eigenvalue weighted by atomic mass is 16.5. The minimum atomic E-state index is -0.474. The Hall–Kier alpha value is -0.870. The lowest BCUT2D eigenvalue weighted by Crippen LogP contribution is -2.31. The zero-order valence-electron chi connectivity index (χ0n) is 11.1. The molecule has 2 unspecified atom stereocenters. The van der Waals surface area contributed by atoms with E-state index >= 15 is 0 Å². The second-order valence-electron chi connectivity index (χ2n) is 4.21. The first-order valence-electron chi connectivity index (χ1n) is 6.52. The second kappa shape index (κ2) is 7.45. The van der Waals surface area contributed by atoms with Gasteiger partial charge in [-0.2, -0.15) is 0 Å². The summed E-state index contributed by atoms with van der Waals surface area (Å²) in [5.74, 6) is 0.942. The largest absolute Gasteiger partial charge is 0.390 e. The predicted octanol–water partition coefficient (Wildman–Crippen LogP) is 2.01. The Morgan fingerprint density at radius 1 is 1.41 bits per heavy atom. The summed E-state index contributed by atoms with van der Waals surface area (Å²) in [6.45, 7) is 7.71. The molecule has 0 fully saturated rings. The van der Waals surface area contributed by atoms with Gasteiger partial charge in [0.1, 0.15) is 5.82 Å². The van der Waals surface area contributed by atoms with Gasteiger partial charge < -0.3 is 14.4 Å². The molecule has 98 valence electrons. The molecule has 1 rings (SSSR count). The Morgan fingerprint density at radius 3 is 2.76 bits per heavy atom. The van der Waals surface area contributed by atoms with E-state index in [2.05, 4.69) is 16.5 Å². The van der Waals surface area contributed by atoms with Crippen molar-refractivity contribution >= 4 is 0 Å². The van der Waals surface area contributed by atoms with Gasteiger partial charge in [-0.15, -0.1) is 0 Å². The second-order valence-corrected chi connectivity index (χ2v) is 4.21. The molecule has 2 atom stereocenters. The number of hydrogen-bond donors (Lipinski definition) is 1. The van der Waals surface area contributed by atoms with Crippen LogP contribution in [0.25, 0.3) is 0 Å². The highest BCUT2D eigenvalue weighted by Gasteiger charge is 2.19. The molecule has 0 radical (unpaired) electrons. The normalized spacial score (nSPS) is 14.8. The van der Waals surface area contributed by atoms with E-state index in [-0.39, 0.29) is 6.10 Å². The molecule has 0 aromatic carbocycles. The minimum absolute atomic E-state index is 0.0909. The summed E-state index contributed by atoms with van der Waals surface area (Å²) in [7, 11) is 0. The van der Waals surface area contributed by atoms with Crippen molar-refractivity contribution < 1.29 is 9.84 Å². The van der Waals surface area contributed by atoms with E-state index < -0.39 is 6.10 Å². The summed E-state index contributed by atoms with van der Waals surface area (Å²) >= 11 is 0. The van der Waals surface area contributed by atoms with Crippen LogP contribution in [0.5, 0.6) is 0 Å². The average molecular weight is 240 g/mol. The van der Waals surface area contributed by atoms with E-state index in [1.54, 1.807) is 6.20 Å². The Bertz CT molecular complexity index is 312. The fourth-order valence-electron chi connectivity index (χ4n) is 2.01. The van der Waals surface area contributed by atoms with Crippen LogP contribution in [0.2, 0.25) is 0 Å². The molecular weight excluding hydrogens is 216 g/mol. The molecule has 0 saturated heterocycles. The van der Waals surface area contributed by atoms with Crippen molar-refractivity contribution in [2.24, 2.45) is 0 Å². The Kier molecular flexibility index (Phi) is 6.22. The van der Waals surface area contributed by atoms with Gasteiger partial charge >= 0.3 is 0 Å². The number of nitrogens with zero attached hydrogens (tertiary/aromatic N) is 2. The van der Waals surface area contributed by atoms with Crippen LogP contribution in [-0.4, -0.2) is 33.5 Å². The van der Waals surface area contributed by atoms with Gasteiger partial charge in [0.2, 0.25) is 0 Å². The third-order valence-electron chi connectivity index (χ3n) is 2.87.